The van der Waals surface area contributed by atoms with E-state index in [1.54, 1.807) is 12.1 Å². The Morgan fingerprint density at radius 3 is 2.19 bits per heavy atom. The monoisotopic (exact) mass is 303 g/mol. The van der Waals surface area contributed by atoms with Crippen LogP contribution < -0.4 is 10.1 Å². The largest absolute Gasteiger partial charge is 0.457 e. The van der Waals surface area contributed by atoms with Crippen molar-refractivity contribution in [1.82, 2.24) is 0 Å². The first-order valence-corrected chi connectivity index (χ1v) is 7.24. The summed E-state index contributed by atoms with van der Waals surface area (Å²) in [6.07, 6.45) is 0. The minimum absolute atomic E-state index is 0.0555. The Bertz CT molecular complexity index is 627. The Labute approximate surface area is 129 Å². The van der Waals surface area contributed by atoms with Crippen LogP contribution in [0.4, 0.5) is 5.69 Å². The fraction of sp³-hybridized carbons (Fsp3) is 0.235. The smallest absolute Gasteiger partial charge is 0.239 e. The number of hydrogen-bond donors (Lipinski definition) is 1. The number of rotatable bonds is 4. The zero-order valence-electron chi connectivity index (χ0n) is 12.4. The summed E-state index contributed by atoms with van der Waals surface area (Å²) in [7, 11) is 0. The van der Waals surface area contributed by atoms with Crippen molar-refractivity contribution in [3.8, 4) is 11.5 Å². The molecule has 2 rings (SSSR count). The average molecular weight is 304 g/mol. The molecule has 0 bridgehead atoms. The Kier molecular flexibility index (Phi) is 4.86. The lowest BCUT2D eigenvalue weighted by molar-refractivity contribution is -0.113. The third kappa shape index (κ3) is 3.99. The molecular weight excluding hydrogens is 286 g/mol. The van der Waals surface area contributed by atoms with Crippen molar-refractivity contribution >= 4 is 23.2 Å². The molecule has 0 radical (unpaired) electrons. The molecule has 0 heterocycles. The molecule has 21 heavy (non-hydrogen) atoms. The van der Waals surface area contributed by atoms with Gasteiger partial charge in [0, 0.05) is 5.69 Å². The summed E-state index contributed by atoms with van der Waals surface area (Å²) in [4.78, 5) is 11.2. The van der Waals surface area contributed by atoms with Crippen LogP contribution in [0.2, 0.25) is 0 Å². The number of aryl methyl sites for hydroxylation is 3. The molecule has 2 aromatic carbocycles. The standard InChI is InChI=1S/C17H18ClNO2/c1-11-8-12(2)17(13(3)9-11)21-15-6-4-14(5-7-15)19-16(20)10-18/h4-9H,10H2,1-3H3,(H,19,20). The van der Waals surface area contributed by atoms with Crippen molar-refractivity contribution in [2.24, 2.45) is 0 Å². The minimum atomic E-state index is -0.226. The van der Waals surface area contributed by atoms with Gasteiger partial charge >= 0.3 is 0 Å². The summed E-state index contributed by atoms with van der Waals surface area (Å²) in [6.45, 7) is 6.13. The number of anilines is 1. The second-order valence-electron chi connectivity index (χ2n) is 5.04. The van der Waals surface area contributed by atoms with E-state index in [1.807, 2.05) is 26.0 Å². The van der Waals surface area contributed by atoms with Crippen LogP contribution in [0.15, 0.2) is 36.4 Å². The Hall–Kier alpha value is -2.00. The first-order chi connectivity index (χ1) is 9.99. The summed E-state index contributed by atoms with van der Waals surface area (Å²) < 4.78 is 5.94. The Balaban J connectivity index is 2.16. The van der Waals surface area contributed by atoms with Crippen LogP contribution in [0, 0.1) is 20.8 Å². The van der Waals surface area contributed by atoms with Gasteiger partial charge in [-0.3, -0.25) is 4.79 Å². The van der Waals surface area contributed by atoms with Crippen LogP contribution in [0.1, 0.15) is 16.7 Å². The number of halogens is 1. The summed E-state index contributed by atoms with van der Waals surface area (Å²) in [5, 5.41) is 2.69. The van der Waals surface area contributed by atoms with Crippen LogP contribution in [-0.2, 0) is 4.79 Å². The SMILES string of the molecule is Cc1cc(C)c(Oc2ccc(NC(=O)CCl)cc2)c(C)c1. The zero-order chi connectivity index (χ0) is 15.4. The van der Waals surface area contributed by atoms with Gasteiger partial charge in [0.15, 0.2) is 0 Å². The van der Waals surface area contributed by atoms with E-state index in [2.05, 4.69) is 24.4 Å². The maximum absolute atomic E-state index is 11.2. The van der Waals surface area contributed by atoms with Gasteiger partial charge in [0.25, 0.3) is 0 Å². The number of amides is 1. The van der Waals surface area contributed by atoms with Crippen molar-refractivity contribution in [3.63, 3.8) is 0 Å². The number of carbonyl (C=O) groups excluding carboxylic acids is 1. The van der Waals surface area contributed by atoms with E-state index in [0.29, 0.717) is 5.69 Å². The number of carbonyl (C=O) groups is 1. The molecule has 0 aliphatic heterocycles. The second kappa shape index (κ2) is 6.64. The normalized spacial score (nSPS) is 10.3. The molecule has 3 nitrogen and oxygen atoms in total. The highest BCUT2D eigenvalue weighted by molar-refractivity contribution is 6.29. The van der Waals surface area contributed by atoms with E-state index in [9.17, 15) is 4.79 Å². The number of alkyl halides is 1. The summed E-state index contributed by atoms with van der Waals surface area (Å²) >= 11 is 5.45. The zero-order valence-corrected chi connectivity index (χ0v) is 13.1. The predicted octanol–water partition coefficient (Wildman–Crippen LogP) is 4.58. The maximum atomic E-state index is 11.2. The van der Waals surface area contributed by atoms with Crippen molar-refractivity contribution in [2.75, 3.05) is 11.2 Å². The van der Waals surface area contributed by atoms with Crippen molar-refractivity contribution < 1.29 is 9.53 Å². The van der Waals surface area contributed by atoms with Gasteiger partial charge in [-0.15, -0.1) is 11.6 Å². The quantitative estimate of drug-likeness (QED) is 0.839. The maximum Gasteiger partial charge on any atom is 0.239 e. The molecule has 0 unspecified atom stereocenters. The predicted molar refractivity (Wildman–Crippen MR) is 86.5 cm³/mol. The first-order valence-electron chi connectivity index (χ1n) is 6.71. The fourth-order valence-electron chi connectivity index (χ4n) is 2.25. The highest BCUT2D eigenvalue weighted by Gasteiger charge is 2.07. The van der Waals surface area contributed by atoms with Gasteiger partial charge in [0.2, 0.25) is 5.91 Å². The lowest BCUT2D eigenvalue weighted by atomic mass is 10.1. The highest BCUT2D eigenvalue weighted by Crippen LogP contribution is 2.30. The van der Waals surface area contributed by atoms with E-state index < -0.39 is 0 Å². The molecule has 0 aliphatic carbocycles. The topological polar surface area (TPSA) is 38.3 Å². The molecule has 4 heteroatoms. The number of hydrogen-bond acceptors (Lipinski definition) is 2. The lowest BCUT2D eigenvalue weighted by Crippen LogP contribution is -2.12. The Morgan fingerprint density at radius 2 is 1.67 bits per heavy atom. The summed E-state index contributed by atoms with van der Waals surface area (Å²) in [5.74, 6) is 1.32. The molecule has 0 atom stereocenters. The van der Waals surface area contributed by atoms with Crippen LogP contribution in [0.3, 0.4) is 0 Å². The molecule has 1 N–H and O–H groups in total. The fourth-order valence-corrected chi connectivity index (χ4v) is 2.31. The lowest BCUT2D eigenvalue weighted by Gasteiger charge is -2.13. The second-order valence-corrected chi connectivity index (χ2v) is 5.30. The number of ether oxygens (including phenoxy) is 1. The average Bonchev–Trinajstić information content (AvgIpc) is 2.44. The van der Waals surface area contributed by atoms with Crippen molar-refractivity contribution in [2.45, 2.75) is 20.8 Å². The van der Waals surface area contributed by atoms with E-state index in [0.717, 1.165) is 22.6 Å². The highest BCUT2D eigenvalue weighted by atomic mass is 35.5. The molecule has 110 valence electrons. The molecule has 1 amide bonds. The van der Waals surface area contributed by atoms with E-state index in [1.165, 1.54) is 5.56 Å². The number of nitrogens with one attached hydrogen (secondary N) is 1. The van der Waals surface area contributed by atoms with Gasteiger partial charge in [-0.2, -0.15) is 0 Å². The molecular formula is C17H18ClNO2. The van der Waals surface area contributed by atoms with Crippen LogP contribution >= 0.6 is 11.6 Å². The molecule has 0 aromatic heterocycles. The molecule has 0 saturated heterocycles. The third-order valence-electron chi connectivity index (χ3n) is 3.08. The van der Waals surface area contributed by atoms with Gasteiger partial charge in [-0.1, -0.05) is 17.7 Å². The minimum Gasteiger partial charge on any atom is -0.457 e. The summed E-state index contributed by atoms with van der Waals surface area (Å²) in [6, 6.07) is 11.4. The van der Waals surface area contributed by atoms with E-state index in [4.69, 9.17) is 16.3 Å². The van der Waals surface area contributed by atoms with Crippen molar-refractivity contribution in [3.05, 3.63) is 53.1 Å². The molecule has 0 aliphatic rings. The van der Waals surface area contributed by atoms with Gasteiger partial charge in [0.1, 0.15) is 17.4 Å². The van der Waals surface area contributed by atoms with E-state index in [-0.39, 0.29) is 11.8 Å². The van der Waals surface area contributed by atoms with E-state index >= 15 is 0 Å². The summed E-state index contributed by atoms with van der Waals surface area (Å²) in [5.41, 5.74) is 4.13. The number of benzene rings is 2. The third-order valence-corrected chi connectivity index (χ3v) is 3.33. The molecule has 0 fully saturated rings. The van der Waals surface area contributed by atoms with Gasteiger partial charge in [-0.05, 0) is 56.2 Å². The van der Waals surface area contributed by atoms with Gasteiger partial charge in [-0.25, -0.2) is 0 Å². The van der Waals surface area contributed by atoms with Gasteiger partial charge in [0.05, 0.1) is 0 Å². The molecule has 0 saturated carbocycles. The van der Waals surface area contributed by atoms with Crippen LogP contribution in [-0.4, -0.2) is 11.8 Å². The molecule has 2 aromatic rings. The first kappa shape index (κ1) is 15.4. The Morgan fingerprint density at radius 1 is 1.10 bits per heavy atom. The molecule has 0 spiro atoms. The van der Waals surface area contributed by atoms with Crippen LogP contribution in [0.25, 0.3) is 0 Å². The van der Waals surface area contributed by atoms with Crippen LogP contribution in [0.5, 0.6) is 11.5 Å². The van der Waals surface area contributed by atoms with Crippen molar-refractivity contribution in [1.29, 1.82) is 0 Å². The van der Waals surface area contributed by atoms with Gasteiger partial charge < -0.3 is 10.1 Å².